The molecule has 1 aromatic carbocycles. The molecule has 4 nitrogen and oxygen atoms in total. The van der Waals surface area contributed by atoms with Gasteiger partial charge in [0.15, 0.2) is 0 Å². The Morgan fingerprint density at radius 2 is 1.60 bits per heavy atom. The van der Waals surface area contributed by atoms with E-state index >= 15 is 0 Å². The van der Waals surface area contributed by atoms with Crippen LogP contribution < -0.4 is 9.80 Å². The minimum Gasteiger partial charge on any atom is -0.365 e. The number of rotatable bonds is 4. The molecule has 1 amide bonds. The predicted octanol–water partition coefficient (Wildman–Crippen LogP) is 3.66. The van der Waals surface area contributed by atoms with E-state index in [1.165, 1.54) is 63.7 Å². The van der Waals surface area contributed by atoms with Crippen LogP contribution >= 0.6 is 0 Å². The van der Waals surface area contributed by atoms with E-state index in [0.29, 0.717) is 18.4 Å². The SMILES string of the molecule is O=C(CCN1CCCC1)N1CCN(C2CCCCC2)c2ccccc21. The first-order valence-electron chi connectivity index (χ1n) is 10.2. The van der Waals surface area contributed by atoms with Crippen molar-refractivity contribution >= 4 is 17.3 Å². The predicted molar refractivity (Wildman–Crippen MR) is 103 cm³/mol. The van der Waals surface area contributed by atoms with Crippen molar-refractivity contribution in [2.24, 2.45) is 0 Å². The molecule has 4 rings (SSSR count). The van der Waals surface area contributed by atoms with Crippen molar-refractivity contribution in [3.05, 3.63) is 24.3 Å². The summed E-state index contributed by atoms with van der Waals surface area (Å²) in [5.41, 5.74) is 2.40. The van der Waals surface area contributed by atoms with E-state index in [0.717, 1.165) is 25.3 Å². The third kappa shape index (κ3) is 3.69. The van der Waals surface area contributed by atoms with Crippen molar-refractivity contribution in [2.75, 3.05) is 42.5 Å². The minimum absolute atomic E-state index is 0.294. The molecule has 2 aliphatic heterocycles. The molecule has 2 heterocycles. The topological polar surface area (TPSA) is 26.8 Å². The Kier molecular flexibility index (Phi) is 5.25. The number of carbonyl (C=O) groups is 1. The fraction of sp³-hybridized carbons (Fsp3) is 0.667. The summed E-state index contributed by atoms with van der Waals surface area (Å²) in [4.78, 5) is 19.9. The van der Waals surface area contributed by atoms with Crippen molar-refractivity contribution in [3.8, 4) is 0 Å². The first-order chi connectivity index (χ1) is 12.3. The van der Waals surface area contributed by atoms with Gasteiger partial charge in [0.1, 0.15) is 0 Å². The zero-order chi connectivity index (χ0) is 17.1. The monoisotopic (exact) mass is 341 g/mol. The largest absolute Gasteiger partial charge is 0.365 e. The molecule has 0 radical (unpaired) electrons. The van der Waals surface area contributed by atoms with Crippen molar-refractivity contribution in [3.63, 3.8) is 0 Å². The molecular weight excluding hydrogens is 310 g/mol. The van der Waals surface area contributed by atoms with Crippen LogP contribution in [0.25, 0.3) is 0 Å². The Bertz CT molecular complexity index is 591. The Hall–Kier alpha value is -1.55. The highest BCUT2D eigenvalue weighted by atomic mass is 16.2. The van der Waals surface area contributed by atoms with Gasteiger partial charge in [-0.05, 0) is 50.9 Å². The number of para-hydroxylation sites is 2. The van der Waals surface area contributed by atoms with Gasteiger partial charge in [-0.1, -0.05) is 31.4 Å². The lowest BCUT2D eigenvalue weighted by Crippen LogP contribution is -2.49. The standard InChI is InChI=1S/C21H31N3O/c25-21(12-15-22-13-6-7-14-22)24-17-16-23(18-8-2-1-3-9-18)19-10-4-5-11-20(19)24/h4-5,10-11,18H,1-3,6-9,12-17H2. The average molecular weight is 341 g/mol. The number of nitrogens with zero attached hydrogens (tertiary/aromatic N) is 3. The van der Waals surface area contributed by atoms with Gasteiger partial charge in [0.25, 0.3) is 0 Å². The molecule has 136 valence electrons. The fourth-order valence-corrected chi connectivity index (χ4v) is 4.81. The first kappa shape index (κ1) is 16.9. The van der Waals surface area contributed by atoms with Crippen molar-refractivity contribution in [1.29, 1.82) is 0 Å². The number of fused-ring (bicyclic) bond motifs is 1. The van der Waals surface area contributed by atoms with Gasteiger partial charge < -0.3 is 14.7 Å². The van der Waals surface area contributed by atoms with Crippen molar-refractivity contribution in [2.45, 2.75) is 57.4 Å². The number of amides is 1. The Labute approximate surface area is 151 Å². The lowest BCUT2D eigenvalue weighted by Gasteiger charge is -2.43. The van der Waals surface area contributed by atoms with Crippen molar-refractivity contribution in [1.82, 2.24) is 4.90 Å². The highest BCUT2D eigenvalue weighted by Gasteiger charge is 2.31. The summed E-state index contributed by atoms with van der Waals surface area (Å²) in [7, 11) is 0. The van der Waals surface area contributed by atoms with Gasteiger partial charge >= 0.3 is 0 Å². The maximum Gasteiger partial charge on any atom is 0.228 e. The third-order valence-electron chi connectivity index (χ3n) is 6.20. The quantitative estimate of drug-likeness (QED) is 0.836. The van der Waals surface area contributed by atoms with Gasteiger partial charge in [-0.15, -0.1) is 0 Å². The number of hydrogen-bond acceptors (Lipinski definition) is 3. The molecule has 0 atom stereocenters. The van der Waals surface area contributed by atoms with Crippen LogP contribution in [0.1, 0.15) is 51.4 Å². The summed E-state index contributed by atoms with van der Waals surface area (Å²) >= 11 is 0. The summed E-state index contributed by atoms with van der Waals surface area (Å²) in [6.07, 6.45) is 9.91. The van der Waals surface area contributed by atoms with Gasteiger partial charge in [0.05, 0.1) is 11.4 Å². The van der Waals surface area contributed by atoms with E-state index in [4.69, 9.17) is 0 Å². The molecule has 1 saturated heterocycles. The maximum atomic E-state index is 12.9. The van der Waals surface area contributed by atoms with E-state index < -0.39 is 0 Å². The van der Waals surface area contributed by atoms with Gasteiger partial charge in [0, 0.05) is 32.1 Å². The number of hydrogen-bond donors (Lipinski definition) is 0. The molecule has 25 heavy (non-hydrogen) atoms. The van der Waals surface area contributed by atoms with Crippen LogP contribution in [-0.2, 0) is 4.79 Å². The minimum atomic E-state index is 0.294. The second-order valence-electron chi connectivity index (χ2n) is 7.82. The molecule has 0 unspecified atom stereocenters. The molecule has 1 aromatic rings. The lowest BCUT2D eigenvalue weighted by atomic mass is 9.93. The van der Waals surface area contributed by atoms with E-state index in [1.54, 1.807) is 0 Å². The van der Waals surface area contributed by atoms with Crippen LogP contribution in [0, 0.1) is 0 Å². The van der Waals surface area contributed by atoms with E-state index in [-0.39, 0.29) is 0 Å². The normalized spacial score (nSPS) is 22.2. The second-order valence-corrected chi connectivity index (χ2v) is 7.82. The molecular formula is C21H31N3O. The second kappa shape index (κ2) is 7.77. The van der Waals surface area contributed by atoms with E-state index in [2.05, 4.69) is 34.1 Å². The summed E-state index contributed by atoms with van der Waals surface area (Å²) in [5.74, 6) is 0.294. The molecule has 3 aliphatic rings. The maximum absolute atomic E-state index is 12.9. The molecule has 0 spiro atoms. The summed E-state index contributed by atoms with van der Waals surface area (Å²) < 4.78 is 0. The van der Waals surface area contributed by atoms with Gasteiger partial charge in [-0.25, -0.2) is 0 Å². The summed E-state index contributed by atoms with van der Waals surface area (Å²) in [5, 5.41) is 0. The van der Waals surface area contributed by atoms with Gasteiger partial charge in [-0.2, -0.15) is 0 Å². The first-order valence-corrected chi connectivity index (χ1v) is 10.2. The Balaban J connectivity index is 1.46. The Morgan fingerprint density at radius 3 is 2.36 bits per heavy atom. The summed E-state index contributed by atoms with van der Waals surface area (Å²) in [6, 6.07) is 9.20. The molecule has 1 saturated carbocycles. The fourth-order valence-electron chi connectivity index (χ4n) is 4.81. The molecule has 0 N–H and O–H groups in total. The molecule has 4 heteroatoms. The number of likely N-dealkylation sites (tertiary alicyclic amines) is 1. The van der Waals surface area contributed by atoms with Crippen LogP contribution in [0.15, 0.2) is 24.3 Å². The zero-order valence-electron chi connectivity index (χ0n) is 15.3. The molecule has 1 aliphatic carbocycles. The van der Waals surface area contributed by atoms with Gasteiger partial charge in [0.2, 0.25) is 5.91 Å². The van der Waals surface area contributed by atoms with Crippen LogP contribution in [0.4, 0.5) is 11.4 Å². The van der Waals surface area contributed by atoms with Crippen LogP contribution in [0.3, 0.4) is 0 Å². The average Bonchev–Trinajstić information content (AvgIpc) is 3.19. The third-order valence-corrected chi connectivity index (χ3v) is 6.20. The highest BCUT2D eigenvalue weighted by molar-refractivity contribution is 5.98. The lowest BCUT2D eigenvalue weighted by molar-refractivity contribution is -0.118. The zero-order valence-corrected chi connectivity index (χ0v) is 15.3. The van der Waals surface area contributed by atoms with Crippen molar-refractivity contribution < 1.29 is 4.79 Å². The van der Waals surface area contributed by atoms with Crippen LogP contribution in [0.2, 0.25) is 0 Å². The smallest absolute Gasteiger partial charge is 0.228 e. The number of benzene rings is 1. The van der Waals surface area contributed by atoms with Crippen LogP contribution in [-0.4, -0.2) is 49.6 Å². The van der Waals surface area contributed by atoms with E-state index in [1.807, 2.05) is 4.90 Å². The highest BCUT2D eigenvalue weighted by Crippen LogP contribution is 2.37. The van der Waals surface area contributed by atoms with E-state index in [9.17, 15) is 4.79 Å². The number of carbonyl (C=O) groups excluding carboxylic acids is 1. The molecule has 0 aromatic heterocycles. The molecule has 2 fully saturated rings. The Morgan fingerprint density at radius 1 is 0.880 bits per heavy atom. The number of anilines is 2. The summed E-state index contributed by atoms with van der Waals surface area (Å²) in [6.45, 7) is 5.08. The van der Waals surface area contributed by atoms with Gasteiger partial charge in [-0.3, -0.25) is 4.79 Å². The van der Waals surface area contributed by atoms with Crippen LogP contribution in [0.5, 0.6) is 0 Å². The molecule has 0 bridgehead atoms.